The van der Waals surface area contributed by atoms with Crippen molar-refractivity contribution in [2.45, 2.75) is 39.3 Å². The zero-order valence-corrected chi connectivity index (χ0v) is 9.62. The molecular formula is C11H24N2O. The summed E-state index contributed by atoms with van der Waals surface area (Å²) in [5, 5.41) is 3.56. The van der Waals surface area contributed by atoms with Crippen molar-refractivity contribution in [3.05, 3.63) is 0 Å². The lowest BCUT2D eigenvalue weighted by molar-refractivity contribution is 0.112. The van der Waals surface area contributed by atoms with Crippen molar-refractivity contribution >= 4 is 0 Å². The van der Waals surface area contributed by atoms with E-state index in [0.717, 1.165) is 26.1 Å². The molecule has 1 rings (SSSR count). The van der Waals surface area contributed by atoms with Crippen LogP contribution in [0.3, 0.4) is 0 Å². The van der Waals surface area contributed by atoms with Crippen molar-refractivity contribution < 1.29 is 4.74 Å². The zero-order valence-electron chi connectivity index (χ0n) is 9.62. The monoisotopic (exact) mass is 200 g/mol. The topological polar surface area (TPSA) is 47.3 Å². The molecule has 3 atom stereocenters. The quantitative estimate of drug-likeness (QED) is 0.695. The molecule has 1 saturated heterocycles. The summed E-state index contributed by atoms with van der Waals surface area (Å²) in [7, 11) is 0. The third-order valence-corrected chi connectivity index (χ3v) is 3.26. The van der Waals surface area contributed by atoms with Gasteiger partial charge in [-0.1, -0.05) is 13.8 Å². The molecule has 3 nitrogen and oxygen atoms in total. The second-order valence-corrected chi connectivity index (χ2v) is 4.62. The van der Waals surface area contributed by atoms with Gasteiger partial charge in [0.1, 0.15) is 0 Å². The summed E-state index contributed by atoms with van der Waals surface area (Å²) in [4.78, 5) is 0. The summed E-state index contributed by atoms with van der Waals surface area (Å²) >= 11 is 0. The molecule has 84 valence electrons. The minimum atomic E-state index is 0.362. The van der Waals surface area contributed by atoms with Gasteiger partial charge in [0, 0.05) is 12.6 Å². The lowest BCUT2D eigenvalue weighted by atomic mass is 9.95. The van der Waals surface area contributed by atoms with E-state index < -0.39 is 0 Å². The summed E-state index contributed by atoms with van der Waals surface area (Å²) in [6, 6.07) is 0.530. The van der Waals surface area contributed by atoms with Crippen molar-refractivity contribution in [1.82, 2.24) is 5.32 Å². The first-order valence-corrected chi connectivity index (χ1v) is 5.70. The first-order valence-electron chi connectivity index (χ1n) is 5.70. The van der Waals surface area contributed by atoms with Crippen LogP contribution in [0.1, 0.15) is 27.2 Å². The molecule has 0 spiro atoms. The molecule has 0 aromatic heterocycles. The average Bonchev–Trinajstić information content (AvgIpc) is 2.52. The molecule has 14 heavy (non-hydrogen) atoms. The van der Waals surface area contributed by atoms with Crippen molar-refractivity contribution in [3.8, 4) is 0 Å². The Balaban J connectivity index is 2.24. The molecule has 0 radical (unpaired) electrons. The molecule has 3 unspecified atom stereocenters. The van der Waals surface area contributed by atoms with Gasteiger partial charge in [-0.2, -0.15) is 0 Å². The second-order valence-electron chi connectivity index (χ2n) is 4.62. The van der Waals surface area contributed by atoms with Crippen molar-refractivity contribution in [3.63, 3.8) is 0 Å². The van der Waals surface area contributed by atoms with E-state index in [1.807, 2.05) is 0 Å². The molecule has 1 aliphatic rings. The van der Waals surface area contributed by atoms with Crippen molar-refractivity contribution in [1.29, 1.82) is 0 Å². The Bertz CT molecular complexity index is 159. The average molecular weight is 200 g/mol. The second kappa shape index (κ2) is 5.69. The van der Waals surface area contributed by atoms with Crippen molar-refractivity contribution in [2.75, 3.05) is 19.7 Å². The highest BCUT2D eigenvalue weighted by Crippen LogP contribution is 2.14. The molecule has 0 aromatic carbocycles. The molecule has 0 saturated carbocycles. The maximum absolute atomic E-state index is 5.72. The Labute approximate surface area is 87.4 Å². The molecule has 3 N–H and O–H groups in total. The largest absolute Gasteiger partial charge is 0.377 e. The third kappa shape index (κ3) is 3.23. The Morgan fingerprint density at radius 3 is 2.64 bits per heavy atom. The van der Waals surface area contributed by atoms with E-state index in [2.05, 4.69) is 26.1 Å². The van der Waals surface area contributed by atoms with E-state index >= 15 is 0 Å². The van der Waals surface area contributed by atoms with Gasteiger partial charge in [0.15, 0.2) is 0 Å². The molecule has 1 fully saturated rings. The van der Waals surface area contributed by atoms with Crippen molar-refractivity contribution in [2.24, 2.45) is 17.6 Å². The van der Waals surface area contributed by atoms with Crippen LogP contribution in [0.4, 0.5) is 0 Å². The molecule has 0 bridgehead atoms. The Morgan fingerprint density at radius 1 is 1.50 bits per heavy atom. The minimum Gasteiger partial charge on any atom is -0.377 e. The fourth-order valence-electron chi connectivity index (χ4n) is 1.89. The highest BCUT2D eigenvalue weighted by molar-refractivity contribution is 4.80. The van der Waals surface area contributed by atoms with Gasteiger partial charge in [-0.05, 0) is 38.3 Å². The number of rotatable bonds is 5. The lowest BCUT2D eigenvalue weighted by Gasteiger charge is -2.23. The Kier molecular flexibility index (Phi) is 4.85. The van der Waals surface area contributed by atoms with Gasteiger partial charge in [-0.15, -0.1) is 0 Å². The number of hydrogen-bond donors (Lipinski definition) is 2. The first-order chi connectivity index (χ1) is 6.65. The predicted octanol–water partition coefficient (Wildman–Crippen LogP) is 0.984. The Hall–Kier alpha value is -0.120. The lowest BCUT2D eigenvalue weighted by Crippen LogP contribution is -2.40. The van der Waals surface area contributed by atoms with Gasteiger partial charge in [0.2, 0.25) is 0 Å². The number of hydrogen-bond acceptors (Lipinski definition) is 3. The van der Waals surface area contributed by atoms with Gasteiger partial charge in [-0.3, -0.25) is 0 Å². The normalized spacial score (nSPS) is 29.8. The van der Waals surface area contributed by atoms with Crippen LogP contribution in [-0.4, -0.2) is 31.8 Å². The summed E-state index contributed by atoms with van der Waals surface area (Å²) in [6.07, 6.45) is 1.50. The predicted molar refractivity (Wildman–Crippen MR) is 59.2 cm³/mol. The van der Waals surface area contributed by atoms with E-state index in [-0.39, 0.29) is 0 Å². The highest BCUT2D eigenvalue weighted by Gasteiger charge is 2.24. The van der Waals surface area contributed by atoms with Crippen LogP contribution in [0.25, 0.3) is 0 Å². The standard InChI is InChI=1S/C11H24N2O/c1-8(2)10(6-12)7-13-11-4-5-14-9(11)3/h8-11,13H,4-7,12H2,1-3H3. The molecule has 0 aliphatic carbocycles. The third-order valence-electron chi connectivity index (χ3n) is 3.26. The highest BCUT2D eigenvalue weighted by atomic mass is 16.5. The summed E-state index contributed by atoms with van der Waals surface area (Å²) in [5.41, 5.74) is 5.72. The molecule has 3 heteroatoms. The van der Waals surface area contributed by atoms with Crippen LogP contribution < -0.4 is 11.1 Å². The number of nitrogens with two attached hydrogens (primary N) is 1. The first kappa shape index (κ1) is 12.0. The maximum Gasteiger partial charge on any atom is 0.0700 e. The molecule has 1 heterocycles. The number of nitrogens with one attached hydrogen (secondary N) is 1. The van der Waals surface area contributed by atoms with Gasteiger partial charge < -0.3 is 15.8 Å². The fourth-order valence-corrected chi connectivity index (χ4v) is 1.89. The summed E-state index contributed by atoms with van der Waals surface area (Å²) < 4.78 is 5.50. The molecular weight excluding hydrogens is 176 g/mol. The minimum absolute atomic E-state index is 0.362. The van der Waals surface area contributed by atoms with Crippen LogP contribution in [0.2, 0.25) is 0 Å². The van der Waals surface area contributed by atoms with Crippen LogP contribution in [-0.2, 0) is 4.74 Å². The summed E-state index contributed by atoms with van der Waals surface area (Å²) in [5.74, 6) is 1.24. The van der Waals surface area contributed by atoms with E-state index in [4.69, 9.17) is 10.5 Å². The SMILES string of the molecule is CC(C)C(CN)CNC1CCOC1C. The maximum atomic E-state index is 5.72. The van der Waals surface area contributed by atoms with Crippen LogP contribution in [0.15, 0.2) is 0 Å². The van der Waals surface area contributed by atoms with E-state index in [1.165, 1.54) is 0 Å². The van der Waals surface area contributed by atoms with Gasteiger partial charge in [0.05, 0.1) is 6.10 Å². The molecule has 0 aromatic rings. The number of ether oxygens (including phenoxy) is 1. The fraction of sp³-hybridized carbons (Fsp3) is 1.00. The summed E-state index contributed by atoms with van der Waals surface area (Å²) in [6.45, 7) is 9.28. The van der Waals surface area contributed by atoms with E-state index in [0.29, 0.717) is 24.0 Å². The van der Waals surface area contributed by atoms with E-state index in [1.54, 1.807) is 0 Å². The van der Waals surface area contributed by atoms with Crippen LogP contribution >= 0.6 is 0 Å². The molecule has 0 amide bonds. The molecule has 1 aliphatic heterocycles. The van der Waals surface area contributed by atoms with Gasteiger partial charge in [-0.25, -0.2) is 0 Å². The van der Waals surface area contributed by atoms with Gasteiger partial charge >= 0.3 is 0 Å². The smallest absolute Gasteiger partial charge is 0.0700 e. The van der Waals surface area contributed by atoms with Crippen LogP contribution in [0, 0.1) is 11.8 Å². The van der Waals surface area contributed by atoms with Gasteiger partial charge in [0.25, 0.3) is 0 Å². The Morgan fingerprint density at radius 2 is 2.21 bits per heavy atom. The van der Waals surface area contributed by atoms with Crippen LogP contribution in [0.5, 0.6) is 0 Å². The van der Waals surface area contributed by atoms with E-state index in [9.17, 15) is 0 Å². The zero-order chi connectivity index (χ0) is 10.6.